The molecular formula is C14H8N2OS. The van der Waals surface area contributed by atoms with Gasteiger partial charge in [-0.05, 0) is 29.7 Å². The van der Waals surface area contributed by atoms with E-state index in [2.05, 4.69) is 4.98 Å². The fraction of sp³-hybridized carbons (Fsp3) is 0. The van der Waals surface area contributed by atoms with E-state index in [0.29, 0.717) is 0 Å². The Morgan fingerprint density at radius 2 is 2.00 bits per heavy atom. The summed E-state index contributed by atoms with van der Waals surface area (Å²) in [4.78, 5) is 15.3. The van der Waals surface area contributed by atoms with Gasteiger partial charge in [-0.15, -0.1) is 11.3 Å². The molecule has 3 nitrogen and oxygen atoms in total. The lowest BCUT2D eigenvalue weighted by Gasteiger charge is -1.96. The minimum Gasteiger partial charge on any atom is -0.320 e. The second-order valence-electron chi connectivity index (χ2n) is 3.88. The monoisotopic (exact) mass is 252 g/mol. The largest absolute Gasteiger partial charge is 0.320 e. The lowest BCUT2D eigenvalue weighted by Crippen LogP contribution is -2.09. The van der Waals surface area contributed by atoms with Gasteiger partial charge in [-0.2, -0.15) is 5.26 Å². The average molecular weight is 252 g/mol. The molecule has 0 atom stereocenters. The van der Waals surface area contributed by atoms with Gasteiger partial charge in [0.2, 0.25) is 0 Å². The number of H-pyrrole nitrogens is 1. The molecule has 0 saturated carbocycles. The number of benzene rings is 1. The zero-order valence-corrected chi connectivity index (χ0v) is 10.1. The highest BCUT2D eigenvalue weighted by atomic mass is 32.1. The van der Waals surface area contributed by atoms with E-state index < -0.39 is 0 Å². The standard InChI is InChI=1S/C14H8N2OS/c15-8-10-5-6-11(16-14(10)17)13-7-9-3-1-2-4-12(9)18-13/h1-7H,(H,16,17). The Labute approximate surface area is 107 Å². The molecule has 18 heavy (non-hydrogen) atoms. The summed E-state index contributed by atoms with van der Waals surface area (Å²) in [5, 5.41) is 9.88. The smallest absolute Gasteiger partial charge is 0.266 e. The van der Waals surface area contributed by atoms with Crippen LogP contribution in [0.15, 0.2) is 47.3 Å². The van der Waals surface area contributed by atoms with Crippen molar-refractivity contribution in [2.24, 2.45) is 0 Å². The molecule has 2 heterocycles. The van der Waals surface area contributed by atoms with Gasteiger partial charge in [-0.25, -0.2) is 0 Å². The van der Waals surface area contributed by atoms with Crippen LogP contribution < -0.4 is 5.56 Å². The number of nitrogens with one attached hydrogen (secondary N) is 1. The van der Waals surface area contributed by atoms with E-state index in [9.17, 15) is 4.79 Å². The molecule has 2 aromatic heterocycles. The Kier molecular flexibility index (Phi) is 2.47. The first-order chi connectivity index (χ1) is 8.78. The molecule has 4 heteroatoms. The van der Waals surface area contributed by atoms with Crippen LogP contribution in [0.4, 0.5) is 0 Å². The van der Waals surface area contributed by atoms with Crippen LogP contribution in [0.2, 0.25) is 0 Å². The predicted octanol–water partition coefficient (Wildman–Crippen LogP) is 3.13. The maximum Gasteiger partial charge on any atom is 0.266 e. The van der Waals surface area contributed by atoms with Crippen molar-refractivity contribution in [3.05, 3.63) is 58.4 Å². The third-order valence-corrected chi connectivity index (χ3v) is 3.87. The molecule has 0 bridgehead atoms. The van der Waals surface area contributed by atoms with Crippen molar-refractivity contribution in [2.45, 2.75) is 0 Å². The Balaban J connectivity index is 2.18. The van der Waals surface area contributed by atoms with Crippen molar-refractivity contribution < 1.29 is 0 Å². The van der Waals surface area contributed by atoms with Crippen LogP contribution in [0.1, 0.15) is 5.56 Å². The lowest BCUT2D eigenvalue weighted by atomic mass is 10.2. The first-order valence-corrected chi connectivity index (χ1v) is 6.22. The summed E-state index contributed by atoms with van der Waals surface area (Å²) in [6.07, 6.45) is 0. The highest BCUT2D eigenvalue weighted by Crippen LogP contribution is 2.31. The molecule has 0 fully saturated rings. The summed E-state index contributed by atoms with van der Waals surface area (Å²) in [5.41, 5.74) is 0.549. The number of hydrogen-bond acceptors (Lipinski definition) is 3. The molecular weight excluding hydrogens is 244 g/mol. The van der Waals surface area contributed by atoms with E-state index in [1.165, 1.54) is 4.70 Å². The summed E-state index contributed by atoms with van der Waals surface area (Å²) in [7, 11) is 0. The maximum absolute atomic E-state index is 11.6. The molecule has 1 N–H and O–H groups in total. The summed E-state index contributed by atoms with van der Waals surface area (Å²) in [6, 6.07) is 15.3. The zero-order valence-electron chi connectivity index (χ0n) is 9.31. The van der Waals surface area contributed by atoms with Gasteiger partial charge in [0.15, 0.2) is 0 Å². The molecule has 86 valence electrons. The quantitative estimate of drug-likeness (QED) is 0.723. The Bertz CT molecular complexity index is 790. The zero-order chi connectivity index (χ0) is 12.5. The van der Waals surface area contributed by atoms with Crippen molar-refractivity contribution in [2.75, 3.05) is 0 Å². The number of nitriles is 1. The van der Waals surface area contributed by atoms with Gasteiger partial charge in [0, 0.05) is 4.70 Å². The number of hydrogen-bond donors (Lipinski definition) is 1. The van der Waals surface area contributed by atoms with E-state index >= 15 is 0 Å². The predicted molar refractivity (Wildman–Crippen MR) is 72.6 cm³/mol. The Morgan fingerprint density at radius 3 is 2.72 bits per heavy atom. The molecule has 0 aliphatic carbocycles. The average Bonchev–Trinajstić information content (AvgIpc) is 2.82. The van der Waals surface area contributed by atoms with E-state index in [0.717, 1.165) is 16.0 Å². The van der Waals surface area contributed by atoms with Crippen LogP contribution >= 0.6 is 11.3 Å². The van der Waals surface area contributed by atoms with Crippen LogP contribution in [0.3, 0.4) is 0 Å². The molecule has 0 unspecified atom stereocenters. The number of aromatic nitrogens is 1. The van der Waals surface area contributed by atoms with Gasteiger partial charge in [0.1, 0.15) is 11.6 Å². The van der Waals surface area contributed by atoms with E-state index in [-0.39, 0.29) is 11.1 Å². The van der Waals surface area contributed by atoms with E-state index in [4.69, 9.17) is 5.26 Å². The highest BCUT2D eigenvalue weighted by molar-refractivity contribution is 7.22. The summed E-state index contributed by atoms with van der Waals surface area (Å²) in [6.45, 7) is 0. The number of aromatic amines is 1. The Morgan fingerprint density at radius 1 is 1.17 bits per heavy atom. The minimum absolute atomic E-state index is 0.139. The molecule has 3 aromatic rings. The van der Waals surface area contributed by atoms with Crippen LogP contribution in [0.25, 0.3) is 20.7 Å². The minimum atomic E-state index is -0.340. The lowest BCUT2D eigenvalue weighted by molar-refractivity contribution is 1.22. The Hall–Kier alpha value is -2.38. The fourth-order valence-corrected chi connectivity index (χ4v) is 2.86. The van der Waals surface area contributed by atoms with E-state index in [1.54, 1.807) is 23.5 Å². The van der Waals surface area contributed by atoms with Crippen LogP contribution in [0.5, 0.6) is 0 Å². The first kappa shape index (κ1) is 10.8. The summed E-state index contributed by atoms with van der Waals surface area (Å²) in [5.74, 6) is 0. The maximum atomic E-state index is 11.6. The molecule has 0 saturated heterocycles. The van der Waals surface area contributed by atoms with Gasteiger partial charge >= 0.3 is 0 Å². The SMILES string of the molecule is N#Cc1ccc(-c2cc3ccccc3s2)[nH]c1=O. The second kappa shape index (κ2) is 4.13. The van der Waals surface area contributed by atoms with Crippen molar-refractivity contribution in [1.82, 2.24) is 4.98 Å². The van der Waals surface area contributed by atoms with E-state index in [1.807, 2.05) is 36.4 Å². The van der Waals surface area contributed by atoms with Crippen molar-refractivity contribution in [3.8, 4) is 16.6 Å². The highest BCUT2D eigenvalue weighted by Gasteiger charge is 2.06. The normalized spacial score (nSPS) is 10.4. The van der Waals surface area contributed by atoms with Crippen molar-refractivity contribution in [1.29, 1.82) is 5.26 Å². The topological polar surface area (TPSA) is 56.6 Å². The fourth-order valence-electron chi connectivity index (χ4n) is 1.82. The molecule has 0 aliphatic heterocycles. The van der Waals surface area contributed by atoms with Crippen LogP contribution in [0, 0.1) is 11.3 Å². The first-order valence-electron chi connectivity index (χ1n) is 5.40. The summed E-state index contributed by atoms with van der Waals surface area (Å²) >= 11 is 1.62. The van der Waals surface area contributed by atoms with Gasteiger partial charge in [-0.1, -0.05) is 18.2 Å². The molecule has 0 amide bonds. The number of fused-ring (bicyclic) bond motifs is 1. The molecule has 0 spiro atoms. The molecule has 0 aliphatic rings. The van der Waals surface area contributed by atoms with Gasteiger partial charge in [0.25, 0.3) is 5.56 Å². The van der Waals surface area contributed by atoms with Crippen LogP contribution in [-0.2, 0) is 0 Å². The number of thiophene rings is 1. The third-order valence-electron chi connectivity index (χ3n) is 2.72. The van der Waals surface area contributed by atoms with Crippen molar-refractivity contribution >= 4 is 21.4 Å². The van der Waals surface area contributed by atoms with Gasteiger partial charge < -0.3 is 4.98 Å². The number of rotatable bonds is 1. The number of pyridine rings is 1. The molecule has 0 radical (unpaired) electrons. The second-order valence-corrected chi connectivity index (χ2v) is 4.96. The molecule has 1 aromatic carbocycles. The number of nitrogens with zero attached hydrogens (tertiary/aromatic N) is 1. The van der Waals surface area contributed by atoms with Gasteiger partial charge in [-0.3, -0.25) is 4.79 Å². The van der Waals surface area contributed by atoms with Crippen molar-refractivity contribution in [3.63, 3.8) is 0 Å². The molecule has 3 rings (SSSR count). The van der Waals surface area contributed by atoms with Crippen LogP contribution in [-0.4, -0.2) is 4.98 Å². The third kappa shape index (κ3) is 1.71. The van der Waals surface area contributed by atoms with Gasteiger partial charge in [0.05, 0.1) is 10.6 Å². The summed E-state index contributed by atoms with van der Waals surface area (Å²) < 4.78 is 1.18.